The molecule has 0 aliphatic heterocycles. The first-order chi connectivity index (χ1) is 15.8. The third-order valence-electron chi connectivity index (χ3n) is 6.38. The van der Waals surface area contributed by atoms with E-state index in [1.165, 1.54) is 32.1 Å². The highest BCUT2D eigenvalue weighted by molar-refractivity contribution is 5.86. The summed E-state index contributed by atoms with van der Waals surface area (Å²) in [6.45, 7) is 1.83. The molecule has 0 spiro atoms. The second-order valence-corrected chi connectivity index (χ2v) is 8.92. The van der Waals surface area contributed by atoms with Crippen LogP contribution in [0.15, 0.2) is 17.1 Å². The summed E-state index contributed by atoms with van der Waals surface area (Å²) in [6.07, 6.45) is 13.4. The van der Waals surface area contributed by atoms with Crippen LogP contribution in [-0.4, -0.2) is 11.3 Å². The molecule has 2 aromatic rings. The van der Waals surface area contributed by atoms with E-state index in [0.717, 1.165) is 55.9 Å². The summed E-state index contributed by atoms with van der Waals surface area (Å²) >= 11 is 0. The fourth-order valence-electron chi connectivity index (χ4n) is 4.56. The molecular weight excluding hydrogens is 437 g/mol. The van der Waals surface area contributed by atoms with Crippen LogP contribution in [0.2, 0.25) is 0 Å². The molecule has 0 amide bonds. The van der Waals surface area contributed by atoms with Crippen LogP contribution in [0.5, 0.6) is 5.75 Å². The van der Waals surface area contributed by atoms with Crippen LogP contribution in [0.25, 0.3) is 0 Å². The first-order valence-electron chi connectivity index (χ1n) is 11.7. The molecule has 1 aliphatic rings. The second-order valence-electron chi connectivity index (χ2n) is 8.92. The summed E-state index contributed by atoms with van der Waals surface area (Å²) in [4.78, 5) is 3.53. The van der Waals surface area contributed by atoms with Crippen molar-refractivity contribution in [3.05, 3.63) is 57.9 Å². The predicted octanol–water partition coefficient (Wildman–Crippen LogP) is 8.54. The summed E-state index contributed by atoms with van der Waals surface area (Å²) in [5.41, 5.74) is 0.457. The zero-order valence-corrected chi connectivity index (χ0v) is 18.9. The van der Waals surface area contributed by atoms with Crippen molar-refractivity contribution >= 4 is 11.9 Å². The third kappa shape index (κ3) is 6.12. The molecule has 3 rings (SSSR count). The fraction of sp³-hybridized carbons (Fsp3) is 0.500. The van der Waals surface area contributed by atoms with Gasteiger partial charge in [-0.2, -0.15) is 0 Å². The quantitative estimate of drug-likeness (QED) is 0.209. The van der Waals surface area contributed by atoms with Gasteiger partial charge in [0.05, 0.1) is 0 Å². The molecule has 0 atom stereocenters. The van der Waals surface area contributed by atoms with E-state index in [-0.39, 0.29) is 17.2 Å². The Morgan fingerprint density at radius 3 is 1.70 bits per heavy atom. The van der Waals surface area contributed by atoms with Crippen LogP contribution in [0, 0.1) is 36.0 Å². The van der Waals surface area contributed by atoms with E-state index in [0.29, 0.717) is 0 Å². The lowest BCUT2D eigenvalue weighted by Gasteiger charge is -2.21. The number of halogens is 5. The Bertz CT molecular complexity index is 964. The zero-order valence-electron chi connectivity index (χ0n) is 18.9. The summed E-state index contributed by atoms with van der Waals surface area (Å²) in [7, 11) is 0. The minimum Gasteiger partial charge on any atom is -0.507 e. The van der Waals surface area contributed by atoms with Gasteiger partial charge in [0.15, 0.2) is 23.3 Å². The molecule has 0 heterocycles. The van der Waals surface area contributed by atoms with Crippen LogP contribution in [0.1, 0.15) is 93.2 Å². The van der Waals surface area contributed by atoms with Crippen LogP contribution < -0.4 is 0 Å². The van der Waals surface area contributed by atoms with Crippen molar-refractivity contribution in [2.24, 2.45) is 4.99 Å². The van der Waals surface area contributed by atoms with Crippen molar-refractivity contribution < 1.29 is 27.1 Å². The average molecular weight is 468 g/mol. The van der Waals surface area contributed by atoms with Gasteiger partial charge in [-0.3, -0.25) is 0 Å². The smallest absolute Gasteiger partial charge is 0.200 e. The lowest BCUT2D eigenvalue weighted by molar-refractivity contribution is 0.381. The van der Waals surface area contributed by atoms with Crippen molar-refractivity contribution in [3.63, 3.8) is 0 Å². The van der Waals surface area contributed by atoms with E-state index < -0.39 is 34.8 Å². The van der Waals surface area contributed by atoms with Crippen molar-refractivity contribution in [3.8, 4) is 5.75 Å². The zero-order chi connectivity index (χ0) is 24.0. The fourth-order valence-corrected chi connectivity index (χ4v) is 4.56. The van der Waals surface area contributed by atoms with Gasteiger partial charge < -0.3 is 5.11 Å². The lowest BCUT2D eigenvalue weighted by Crippen LogP contribution is -2.04. The number of aliphatic imine (C=N–C) groups is 1. The molecule has 1 aliphatic carbocycles. The molecule has 1 fully saturated rings. The molecule has 2 nitrogen and oxygen atoms in total. The Hall–Kier alpha value is -2.44. The van der Waals surface area contributed by atoms with E-state index in [1.807, 2.05) is 13.0 Å². The highest BCUT2D eigenvalue weighted by atomic mass is 19.2. The maximum absolute atomic E-state index is 14.0. The largest absolute Gasteiger partial charge is 0.507 e. The molecule has 0 radical (unpaired) electrons. The molecule has 33 heavy (non-hydrogen) atoms. The van der Waals surface area contributed by atoms with Crippen LogP contribution in [-0.2, 0) is 0 Å². The standard InChI is InChI=1S/C26H30F5NO/c1-16-13-18(15-32-25-23(30)21(28)20(27)22(29)24(25)31)26(33)19(14-16)17-11-9-7-5-3-2-4-6-8-10-12-17/h13-15,17,33H,2-12H2,1H3. The van der Waals surface area contributed by atoms with E-state index in [4.69, 9.17) is 0 Å². The van der Waals surface area contributed by atoms with Gasteiger partial charge in [0.2, 0.25) is 5.82 Å². The number of hydrogen-bond acceptors (Lipinski definition) is 2. The number of benzene rings is 2. The van der Waals surface area contributed by atoms with Gasteiger partial charge >= 0.3 is 0 Å². The van der Waals surface area contributed by atoms with Crippen molar-refractivity contribution in [1.82, 2.24) is 0 Å². The van der Waals surface area contributed by atoms with Gasteiger partial charge in [-0.05, 0) is 42.9 Å². The summed E-state index contributed by atoms with van der Waals surface area (Å²) in [6, 6.07) is 3.48. The normalized spacial score (nSPS) is 17.2. The first kappa shape index (κ1) is 25.2. The summed E-state index contributed by atoms with van der Waals surface area (Å²) in [5.74, 6) is -10.3. The lowest BCUT2D eigenvalue weighted by atomic mass is 9.85. The highest BCUT2D eigenvalue weighted by Crippen LogP contribution is 2.37. The van der Waals surface area contributed by atoms with Crippen molar-refractivity contribution in [2.45, 2.75) is 83.5 Å². The first-order valence-corrected chi connectivity index (χ1v) is 11.7. The summed E-state index contributed by atoms with van der Waals surface area (Å²) < 4.78 is 68.2. The second kappa shape index (κ2) is 11.6. The number of hydrogen-bond donors (Lipinski definition) is 1. The highest BCUT2D eigenvalue weighted by Gasteiger charge is 2.25. The van der Waals surface area contributed by atoms with Crippen LogP contribution in [0.3, 0.4) is 0 Å². The van der Waals surface area contributed by atoms with Crippen LogP contribution >= 0.6 is 0 Å². The molecule has 0 saturated heterocycles. The SMILES string of the molecule is Cc1cc(C=Nc2c(F)c(F)c(F)c(F)c2F)c(O)c(C2CCCCCCCCCCC2)c1. The van der Waals surface area contributed by atoms with E-state index in [1.54, 1.807) is 6.07 Å². The number of aromatic hydroxyl groups is 1. The van der Waals surface area contributed by atoms with Gasteiger partial charge in [0.25, 0.3) is 0 Å². The van der Waals surface area contributed by atoms with Gasteiger partial charge in [-0.25, -0.2) is 26.9 Å². The molecular formula is C26H30F5NO. The number of nitrogens with zero attached hydrogens (tertiary/aromatic N) is 1. The molecule has 7 heteroatoms. The van der Waals surface area contributed by atoms with Gasteiger partial charge in [-0.15, -0.1) is 0 Å². The van der Waals surface area contributed by atoms with E-state index in [2.05, 4.69) is 4.99 Å². The average Bonchev–Trinajstić information content (AvgIpc) is 2.79. The molecule has 0 bridgehead atoms. The Labute approximate surface area is 191 Å². The topological polar surface area (TPSA) is 32.6 Å². The van der Waals surface area contributed by atoms with Crippen molar-refractivity contribution in [1.29, 1.82) is 0 Å². The van der Waals surface area contributed by atoms with Gasteiger partial charge in [-0.1, -0.05) is 63.9 Å². The van der Waals surface area contributed by atoms with E-state index in [9.17, 15) is 27.1 Å². The Kier molecular flexibility index (Phi) is 8.87. The Balaban J connectivity index is 1.92. The molecule has 180 valence electrons. The Morgan fingerprint density at radius 1 is 0.727 bits per heavy atom. The van der Waals surface area contributed by atoms with Crippen molar-refractivity contribution in [2.75, 3.05) is 0 Å². The molecule has 2 aromatic carbocycles. The molecule has 1 saturated carbocycles. The number of rotatable bonds is 3. The maximum Gasteiger partial charge on any atom is 0.200 e. The van der Waals surface area contributed by atoms with E-state index >= 15 is 0 Å². The maximum atomic E-state index is 14.0. The van der Waals surface area contributed by atoms with Gasteiger partial charge in [0, 0.05) is 11.8 Å². The monoisotopic (exact) mass is 467 g/mol. The molecule has 0 unspecified atom stereocenters. The third-order valence-corrected chi connectivity index (χ3v) is 6.38. The number of aryl methyl sites for hydroxylation is 1. The predicted molar refractivity (Wildman–Crippen MR) is 120 cm³/mol. The minimum absolute atomic E-state index is 0.0645. The minimum atomic E-state index is -2.23. The number of phenols is 1. The van der Waals surface area contributed by atoms with Crippen LogP contribution in [0.4, 0.5) is 27.6 Å². The number of phenolic OH excluding ortho intramolecular Hbond substituents is 1. The Morgan fingerprint density at radius 2 is 1.18 bits per heavy atom. The van der Waals surface area contributed by atoms with Gasteiger partial charge in [0.1, 0.15) is 11.4 Å². The molecule has 1 N–H and O–H groups in total. The summed E-state index contributed by atoms with van der Waals surface area (Å²) in [5, 5.41) is 10.9. The molecule has 0 aromatic heterocycles.